The Hall–Kier alpha value is -3.26. The first kappa shape index (κ1) is 23.4. The van der Waals surface area contributed by atoms with Crippen molar-refractivity contribution in [2.24, 2.45) is 0 Å². The van der Waals surface area contributed by atoms with Gasteiger partial charge < -0.3 is 24.3 Å². The molecule has 1 heterocycles. The molecule has 1 unspecified atom stereocenters. The fraction of sp³-hybridized carbons (Fsp3) is 0.348. The van der Waals surface area contributed by atoms with Crippen LogP contribution in [-0.2, 0) is 9.53 Å². The van der Waals surface area contributed by atoms with E-state index in [-0.39, 0.29) is 27.7 Å². The van der Waals surface area contributed by atoms with E-state index in [1.165, 1.54) is 18.2 Å². The number of hydrogen-bond donors (Lipinski definition) is 2. The third-order valence-electron chi connectivity index (χ3n) is 4.46. The number of amides is 1. The SMILES string of the molecule is CCCC(NC(=O)OC(C)(C)C)C(=O)Oc1cc(O)c2c(=O)c3ccc(Cl)cc3oc2c1. The van der Waals surface area contributed by atoms with Gasteiger partial charge in [0.05, 0.1) is 5.39 Å². The molecule has 1 aromatic heterocycles. The number of aromatic hydroxyl groups is 1. The molecule has 0 fully saturated rings. The number of rotatable bonds is 5. The number of halogens is 1. The van der Waals surface area contributed by atoms with Gasteiger partial charge in [0, 0.05) is 23.2 Å². The van der Waals surface area contributed by atoms with Gasteiger partial charge in [0.2, 0.25) is 5.43 Å². The third-order valence-corrected chi connectivity index (χ3v) is 4.70. The van der Waals surface area contributed by atoms with Gasteiger partial charge in [-0.25, -0.2) is 9.59 Å². The van der Waals surface area contributed by atoms with E-state index in [9.17, 15) is 19.5 Å². The number of alkyl carbamates (subject to hydrolysis) is 1. The molecule has 0 saturated carbocycles. The van der Waals surface area contributed by atoms with Crippen LogP contribution in [0.25, 0.3) is 21.9 Å². The molecule has 3 rings (SSSR count). The van der Waals surface area contributed by atoms with Crippen LogP contribution in [0.1, 0.15) is 40.5 Å². The van der Waals surface area contributed by atoms with E-state index in [1.54, 1.807) is 26.8 Å². The maximum absolute atomic E-state index is 12.8. The molecule has 1 amide bonds. The van der Waals surface area contributed by atoms with Crippen LogP contribution in [0.5, 0.6) is 11.5 Å². The molecular formula is C23H24ClNO7. The van der Waals surface area contributed by atoms with Crippen LogP contribution < -0.4 is 15.5 Å². The summed E-state index contributed by atoms with van der Waals surface area (Å²) >= 11 is 5.97. The lowest BCUT2D eigenvalue weighted by Crippen LogP contribution is -2.45. The lowest BCUT2D eigenvalue weighted by Gasteiger charge is -2.22. The minimum absolute atomic E-state index is 0.0275. The summed E-state index contributed by atoms with van der Waals surface area (Å²) in [7, 11) is 0. The number of benzene rings is 2. The Bertz CT molecular complexity index is 1240. The van der Waals surface area contributed by atoms with Crippen LogP contribution in [0.3, 0.4) is 0 Å². The van der Waals surface area contributed by atoms with E-state index < -0.39 is 34.9 Å². The van der Waals surface area contributed by atoms with E-state index >= 15 is 0 Å². The highest BCUT2D eigenvalue weighted by molar-refractivity contribution is 6.31. The predicted octanol–water partition coefficient (Wildman–Crippen LogP) is 4.90. The Morgan fingerprint density at radius 1 is 1.19 bits per heavy atom. The Kier molecular flexibility index (Phi) is 6.64. The molecule has 1 atom stereocenters. The van der Waals surface area contributed by atoms with E-state index in [1.807, 2.05) is 6.92 Å². The number of esters is 1. The largest absolute Gasteiger partial charge is 0.507 e. The zero-order valence-corrected chi connectivity index (χ0v) is 18.9. The quantitative estimate of drug-likeness (QED) is 0.315. The number of carbonyl (C=O) groups is 2. The Morgan fingerprint density at radius 2 is 1.91 bits per heavy atom. The molecule has 0 aliphatic heterocycles. The number of nitrogens with one attached hydrogen (secondary N) is 1. The maximum atomic E-state index is 12.8. The van der Waals surface area contributed by atoms with Gasteiger partial charge in [-0.2, -0.15) is 0 Å². The molecule has 170 valence electrons. The fourth-order valence-corrected chi connectivity index (χ4v) is 3.30. The minimum Gasteiger partial charge on any atom is -0.507 e. The molecule has 0 radical (unpaired) electrons. The normalized spacial score (nSPS) is 12.5. The van der Waals surface area contributed by atoms with Crippen molar-refractivity contribution in [3.05, 3.63) is 45.6 Å². The summed E-state index contributed by atoms with van der Waals surface area (Å²) in [6.45, 7) is 6.98. The van der Waals surface area contributed by atoms with Gasteiger partial charge in [-0.3, -0.25) is 4.79 Å². The smallest absolute Gasteiger partial charge is 0.408 e. The summed E-state index contributed by atoms with van der Waals surface area (Å²) in [6, 6.07) is 6.05. The molecule has 3 aromatic rings. The molecule has 8 nitrogen and oxygen atoms in total. The Morgan fingerprint density at radius 3 is 2.56 bits per heavy atom. The number of phenols is 1. The number of phenolic OH excluding ortho intramolecular Hbond substituents is 1. The Balaban J connectivity index is 1.91. The first-order chi connectivity index (χ1) is 15.0. The average molecular weight is 462 g/mol. The first-order valence-electron chi connectivity index (χ1n) is 10.1. The van der Waals surface area contributed by atoms with Crippen LogP contribution >= 0.6 is 11.6 Å². The fourth-order valence-electron chi connectivity index (χ4n) is 3.14. The van der Waals surface area contributed by atoms with Crippen molar-refractivity contribution < 1.29 is 28.6 Å². The number of carbonyl (C=O) groups excluding carboxylic acids is 2. The summed E-state index contributed by atoms with van der Waals surface area (Å²) in [5.41, 5.74) is -0.908. The number of hydrogen-bond acceptors (Lipinski definition) is 7. The highest BCUT2D eigenvalue weighted by atomic mass is 35.5. The van der Waals surface area contributed by atoms with Crippen LogP contribution in [0, 0.1) is 0 Å². The van der Waals surface area contributed by atoms with Crippen molar-refractivity contribution in [1.82, 2.24) is 5.32 Å². The highest BCUT2D eigenvalue weighted by Gasteiger charge is 2.26. The van der Waals surface area contributed by atoms with Crippen LogP contribution in [-0.4, -0.2) is 28.8 Å². The van der Waals surface area contributed by atoms with Gasteiger partial charge in [0.1, 0.15) is 39.7 Å². The van der Waals surface area contributed by atoms with Crippen LogP contribution in [0.2, 0.25) is 5.02 Å². The van der Waals surface area contributed by atoms with Crippen molar-refractivity contribution in [1.29, 1.82) is 0 Å². The standard InChI is InChI=1S/C23H24ClNO7/c1-5-6-15(25-22(29)32-23(2,3)4)21(28)30-13-10-16(26)19-18(11-13)31-17-9-12(24)7-8-14(17)20(19)27/h7-11,15,26H,5-6H2,1-4H3,(H,25,29). The molecule has 0 aliphatic carbocycles. The monoisotopic (exact) mass is 461 g/mol. The van der Waals surface area contributed by atoms with Crippen LogP contribution in [0.4, 0.5) is 4.79 Å². The lowest BCUT2D eigenvalue weighted by molar-refractivity contribution is -0.137. The second-order valence-electron chi connectivity index (χ2n) is 8.30. The summed E-state index contributed by atoms with van der Waals surface area (Å²) in [4.78, 5) is 37.5. The molecule has 0 aliphatic rings. The van der Waals surface area contributed by atoms with Crippen molar-refractivity contribution in [2.45, 2.75) is 52.2 Å². The predicted molar refractivity (Wildman–Crippen MR) is 120 cm³/mol. The average Bonchev–Trinajstić information content (AvgIpc) is 2.65. The van der Waals surface area contributed by atoms with E-state index in [0.717, 1.165) is 6.07 Å². The van der Waals surface area contributed by atoms with E-state index in [2.05, 4.69) is 5.32 Å². The van der Waals surface area contributed by atoms with Gasteiger partial charge in [0.15, 0.2) is 0 Å². The second kappa shape index (κ2) is 9.08. The van der Waals surface area contributed by atoms with Crippen molar-refractivity contribution in [3.8, 4) is 11.5 Å². The Labute approximate surface area is 189 Å². The second-order valence-corrected chi connectivity index (χ2v) is 8.73. The van der Waals surface area contributed by atoms with Gasteiger partial charge in [-0.1, -0.05) is 24.9 Å². The number of ether oxygens (including phenoxy) is 2. The van der Waals surface area contributed by atoms with Crippen molar-refractivity contribution >= 4 is 45.6 Å². The summed E-state index contributed by atoms with van der Waals surface area (Å²) in [6.07, 6.45) is 0.166. The molecule has 2 aromatic carbocycles. The van der Waals surface area contributed by atoms with E-state index in [4.69, 9.17) is 25.5 Å². The maximum Gasteiger partial charge on any atom is 0.408 e. The molecule has 9 heteroatoms. The molecule has 0 spiro atoms. The van der Waals surface area contributed by atoms with Crippen LogP contribution in [0.15, 0.2) is 39.5 Å². The van der Waals surface area contributed by atoms with Gasteiger partial charge in [-0.15, -0.1) is 0 Å². The molecule has 0 saturated heterocycles. The molecule has 0 bridgehead atoms. The topological polar surface area (TPSA) is 115 Å². The first-order valence-corrected chi connectivity index (χ1v) is 10.5. The summed E-state index contributed by atoms with van der Waals surface area (Å²) in [5, 5.41) is 13.5. The molecule has 32 heavy (non-hydrogen) atoms. The van der Waals surface area contributed by atoms with E-state index in [0.29, 0.717) is 17.9 Å². The molecular weight excluding hydrogens is 438 g/mol. The summed E-state index contributed by atoms with van der Waals surface area (Å²) < 4.78 is 16.3. The van der Waals surface area contributed by atoms with Gasteiger partial charge >= 0.3 is 12.1 Å². The minimum atomic E-state index is -0.963. The highest BCUT2D eigenvalue weighted by Crippen LogP contribution is 2.31. The lowest BCUT2D eigenvalue weighted by atomic mass is 10.1. The zero-order valence-electron chi connectivity index (χ0n) is 18.2. The summed E-state index contributed by atoms with van der Waals surface area (Å²) in [5.74, 6) is -1.19. The zero-order chi connectivity index (χ0) is 23.6. The third kappa shape index (κ3) is 5.31. The van der Waals surface area contributed by atoms with Gasteiger partial charge in [0.25, 0.3) is 0 Å². The molecule has 2 N–H and O–H groups in total. The number of fused-ring (bicyclic) bond motifs is 2. The van der Waals surface area contributed by atoms with Crippen molar-refractivity contribution in [3.63, 3.8) is 0 Å². The van der Waals surface area contributed by atoms with Gasteiger partial charge in [-0.05, 0) is 39.3 Å². The van der Waals surface area contributed by atoms with Crippen molar-refractivity contribution in [2.75, 3.05) is 0 Å².